The fourth-order valence-corrected chi connectivity index (χ4v) is 3.62. The third-order valence-corrected chi connectivity index (χ3v) is 5.76. The standard InChI is InChI=1S/C27H28N4O8/c1-3-4-5-16-39-23-15-10-20(17-24(23)38-2)25(28-26(32)18-6-11-21(12-7-18)30(34)35)29-27(33)19-8-13-22(14-9-19)31(36)37/h6-15,17,25H,3-5,16H2,1-2H3,(H,28,32)(H,29,33). The summed E-state index contributed by atoms with van der Waals surface area (Å²) >= 11 is 0. The third-order valence-electron chi connectivity index (χ3n) is 5.76. The summed E-state index contributed by atoms with van der Waals surface area (Å²) in [5.74, 6) is -0.307. The van der Waals surface area contributed by atoms with Gasteiger partial charge in [-0.05, 0) is 48.4 Å². The first-order valence-electron chi connectivity index (χ1n) is 12.1. The number of hydrogen-bond acceptors (Lipinski definition) is 8. The highest BCUT2D eigenvalue weighted by Gasteiger charge is 2.22. The van der Waals surface area contributed by atoms with E-state index in [1.807, 2.05) is 0 Å². The molecule has 0 aromatic heterocycles. The van der Waals surface area contributed by atoms with Gasteiger partial charge >= 0.3 is 0 Å². The SMILES string of the molecule is CCCCCOc1ccc(C(NC(=O)c2ccc([N+](=O)[O-])cc2)NC(=O)c2ccc([N+](=O)[O-])cc2)cc1OC. The Hall–Kier alpha value is -5.00. The van der Waals surface area contributed by atoms with Gasteiger partial charge in [0.15, 0.2) is 11.5 Å². The van der Waals surface area contributed by atoms with Gasteiger partial charge in [0, 0.05) is 35.4 Å². The molecule has 0 unspecified atom stereocenters. The lowest BCUT2D eigenvalue weighted by atomic mass is 10.1. The van der Waals surface area contributed by atoms with Crippen LogP contribution in [-0.2, 0) is 0 Å². The van der Waals surface area contributed by atoms with Crippen LogP contribution in [0.4, 0.5) is 11.4 Å². The maximum absolute atomic E-state index is 13.0. The average molecular weight is 537 g/mol. The summed E-state index contributed by atoms with van der Waals surface area (Å²) in [6, 6.07) is 15.0. The zero-order chi connectivity index (χ0) is 28.4. The number of nitrogens with zero attached hydrogens (tertiary/aromatic N) is 2. The average Bonchev–Trinajstić information content (AvgIpc) is 2.95. The van der Waals surface area contributed by atoms with Crippen LogP contribution in [0.5, 0.6) is 11.5 Å². The molecule has 0 saturated heterocycles. The van der Waals surface area contributed by atoms with E-state index in [1.54, 1.807) is 18.2 Å². The zero-order valence-corrected chi connectivity index (χ0v) is 21.4. The van der Waals surface area contributed by atoms with E-state index in [1.165, 1.54) is 55.6 Å². The molecule has 2 N–H and O–H groups in total. The molecule has 12 heteroatoms. The predicted molar refractivity (Wildman–Crippen MR) is 142 cm³/mol. The zero-order valence-electron chi connectivity index (χ0n) is 21.4. The lowest BCUT2D eigenvalue weighted by Crippen LogP contribution is -2.41. The highest BCUT2D eigenvalue weighted by molar-refractivity contribution is 5.97. The summed E-state index contributed by atoms with van der Waals surface area (Å²) in [5, 5.41) is 27.3. The number of nitrogens with one attached hydrogen (secondary N) is 2. The van der Waals surface area contributed by atoms with Crippen molar-refractivity contribution in [1.29, 1.82) is 0 Å². The minimum atomic E-state index is -1.06. The quantitative estimate of drug-likeness (QED) is 0.134. The molecule has 0 saturated carbocycles. The molecule has 0 atom stereocenters. The maximum atomic E-state index is 13.0. The van der Waals surface area contributed by atoms with E-state index in [9.17, 15) is 29.8 Å². The predicted octanol–water partition coefficient (Wildman–Crippen LogP) is 4.94. The Bertz CT molecular complexity index is 1260. The molecule has 0 fully saturated rings. The molecule has 0 aliphatic carbocycles. The monoisotopic (exact) mass is 536 g/mol. The number of carbonyl (C=O) groups excluding carboxylic acids is 2. The summed E-state index contributed by atoms with van der Waals surface area (Å²) in [6.45, 7) is 2.59. The Balaban J connectivity index is 1.88. The van der Waals surface area contributed by atoms with E-state index in [0.29, 0.717) is 23.7 Å². The molecule has 0 spiro atoms. The Morgan fingerprint density at radius 2 is 1.31 bits per heavy atom. The van der Waals surface area contributed by atoms with Gasteiger partial charge in [0.1, 0.15) is 6.17 Å². The topological polar surface area (TPSA) is 163 Å². The summed E-state index contributed by atoms with van der Waals surface area (Å²) in [4.78, 5) is 46.8. The van der Waals surface area contributed by atoms with Crippen LogP contribution in [0.1, 0.15) is 58.6 Å². The van der Waals surface area contributed by atoms with Crippen LogP contribution in [0, 0.1) is 20.2 Å². The van der Waals surface area contributed by atoms with Crippen LogP contribution in [0.15, 0.2) is 66.7 Å². The molecule has 12 nitrogen and oxygen atoms in total. The summed E-state index contributed by atoms with van der Waals surface area (Å²) in [5.41, 5.74) is 0.386. The highest BCUT2D eigenvalue weighted by atomic mass is 16.6. The Labute approximate surface area is 224 Å². The molecular formula is C27H28N4O8. The molecule has 0 aliphatic heterocycles. The molecule has 0 aliphatic rings. The number of non-ortho nitro benzene ring substituents is 2. The van der Waals surface area contributed by atoms with Gasteiger partial charge < -0.3 is 20.1 Å². The molecule has 3 aromatic rings. The fraction of sp³-hybridized carbons (Fsp3) is 0.259. The molecule has 39 heavy (non-hydrogen) atoms. The maximum Gasteiger partial charge on any atom is 0.269 e. The van der Waals surface area contributed by atoms with Crippen LogP contribution in [0.25, 0.3) is 0 Å². The molecule has 0 radical (unpaired) electrons. The van der Waals surface area contributed by atoms with Gasteiger partial charge in [-0.1, -0.05) is 25.8 Å². The van der Waals surface area contributed by atoms with E-state index in [-0.39, 0.29) is 22.5 Å². The van der Waals surface area contributed by atoms with E-state index in [2.05, 4.69) is 17.6 Å². The lowest BCUT2D eigenvalue weighted by Gasteiger charge is -2.22. The van der Waals surface area contributed by atoms with Gasteiger partial charge in [-0.15, -0.1) is 0 Å². The van der Waals surface area contributed by atoms with Crippen molar-refractivity contribution in [3.8, 4) is 11.5 Å². The van der Waals surface area contributed by atoms with E-state index < -0.39 is 27.8 Å². The minimum absolute atomic E-state index is 0.137. The molecule has 2 amide bonds. The van der Waals surface area contributed by atoms with Crippen LogP contribution in [0.2, 0.25) is 0 Å². The number of amides is 2. The second-order valence-electron chi connectivity index (χ2n) is 8.45. The van der Waals surface area contributed by atoms with Crippen LogP contribution < -0.4 is 20.1 Å². The summed E-state index contributed by atoms with van der Waals surface area (Å²) < 4.78 is 11.3. The number of methoxy groups -OCH3 is 1. The Kier molecular flexibility index (Phi) is 9.90. The first-order valence-corrected chi connectivity index (χ1v) is 12.1. The van der Waals surface area contributed by atoms with Crippen molar-refractivity contribution >= 4 is 23.2 Å². The largest absolute Gasteiger partial charge is 0.493 e. The number of rotatable bonds is 13. The van der Waals surface area contributed by atoms with Gasteiger partial charge in [0.2, 0.25) is 0 Å². The van der Waals surface area contributed by atoms with Crippen molar-refractivity contribution in [2.24, 2.45) is 0 Å². The smallest absolute Gasteiger partial charge is 0.269 e. The molecule has 3 rings (SSSR count). The van der Waals surface area contributed by atoms with Gasteiger partial charge in [-0.25, -0.2) is 0 Å². The second kappa shape index (κ2) is 13.5. The van der Waals surface area contributed by atoms with Crippen LogP contribution >= 0.6 is 0 Å². The number of nitro benzene ring substituents is 2. The van der Waals surface area contributed by atoms with Crippen molar-refractivity contribution in [3.63, 3.8) is 0 Å². The highest BCUT2D eigenvalue weighted by Crippen LogP contribution is 2.30. The third kappa shape index (κ3) is 7.74. The van der Waals surface area contributed by atoms with Gasteiger partial charge in [0.05, 0.1) is 23.6 Å². The Morgan fingerprint density at radius 1 is 0.795 bits per heavy atom. The molecular weight excluding hydrogens is 508 g/mol. The van der Waals surface area contributed by atoms with Crippen molar-refractivity contribution in [1.82, 2.24) is 10.6 Å². The first-order chi connectivity index (χ1) is 18.7. The number of benzene rings is 3. The fourth-order valence-electron chi connectivity index (χ4n) is 3.62. The number of nitro groups is 2. The van der Waals surface area contributed by atoms with Crippen molar-refractivity contribution in [2.75, 3.05) is 13.7 Å². The molecule has 3 aromatic carbocycles. The number of unbranched alkanes of at least 4 members (excludes halogenated alkanes) is 2. The van der Waals surface area contributed by atoms with Crippen LogP contribution in [0.3, 0.4) is 0 Å². The van der Waals surface area contributed by atoms with E-state index >= 15 is 0 Å². The van der Waals surface area contributed by atoms with Gasteiger partial charge in [-0.2, -0.15) is 0 Å². The lowest BCUT2D eigenvalue weighted by molar-refractivity contribution is -0.385. The van der Waals surface area contributed by atoms with Crippen molar-refractivity contribution < 1.29 is 28.9 Å². The van der Waals surface area contributed by atoms with Crippen LogP contribution in [-0.4, -0.2) is 35.4 Å². The second-order valence-corrected chi connectivity index (χ2v) is 8.45. The summed E-state index contributed by atoms with van der Waals surface area (Å²) in [6.07, 6.45) is 1.88. The minimum Gasteiger partial charge on any atom is -0.493 e. The molecule has 204 valence electrons. The first kappa shape index (κ1) is 28.6. The van der Waals surface area contributed by atoms with Crippen molar-refractivity contribution in [2.45, 2.75) is 32.4 Å². The van der Waals surface area contributed by atoms with Gasteiger partial charge in [-0.3, -0.25) is 29.8 Å². The molecule has 0 bridgehead atoms. The Morgan fingerprint density at radius 3 is 1.74 bits per heavy atom. The normalized spacial score (nSPS) is 10.5. The van der Waals surface area contributed by atoms with Gasteiger partial charge in [0.25, 0.3) is 23.2 Å². The number of hydrogen-bond donors (Lipinski definition) is 2. The van der Waals surface area contributed by atoms with E-state index in [0.717, 1.165) is 19.3 Å². The number of carbonyl (C=O) groups is 2. The van der Waals surface area contributed by atoms with Crippen molar-refractivity contribution in [3.05, 3.63) is 104 Å². The number of ether oxygens (including phenoxy) is 2. The van der Waals surface area contributed by atoms with E-state index in [4.69, 9.17) is 9.47 Å². The molecule has 0 heterocycles. The summed E-state index contributed by atoms with van der Waals surface area (Å²) in [7, 11) is 1.47.